The molecule has 2 aromatic carbocycles. The summed E-state index contributed by atoms with van der Waals surface area (Å²) < 4.78 is 16.2. The van der Waals surface area contributed by atoms with Crippen LogP contribution in [-0.4, -0.2) is 29.2 Å². The summed E-state index contributed by atoms with van der Waals surface area (Å²) in [4.78, 5) is 24.0. The average Bonchev–Trinajstić information content (AvgIpc) is 3.12. The minimum absolute atomic E-state index is 0.0171. The lowest BCUT2D eigenvalue weighted by Gasteiger charge is -2.13. The molecule has 0 saturated carbocycles. The second-order valence-electron chi connectivity index (χ2n) is 6.22. The number of aryl methyl sites for hydroxylation is 1. The van der Waals surface area contributed by atoms with Crippen LogP contribution in [0.1, 0.15) is 30.0 Å². The zero-order valence-electron chi connectivity index (χ0n) is 16.8. The molecule has 156 valence electrons. The van der Waals surface area contributed by atoms with Crippen molar-refractivity contribution in [3.05, 3.63) is 63.9 Å². The van der Waals surface area contributed by atoms with Crippen LogP contribution in [0.3, 0.4) is 0 Å². The van der Waals surface area contributed by atoms with Gasteiger partial charge in [0.25, 0.3) is 11.6 Å². The SMILES string of the molecule is CCOc1cc(NC(=O)c2c(-c3ccccc3)noc2C)c([N+](=O)[O-])cc1OCC. The molecule has 1 aromatic heterocycles. The van der Waals surface area contributed by atoms with Gasteiger partial charge in [0, 0.05) is 11.6 Å². The highest BCUT2D eigenvalue weighted by Gasteiger charge is 2.26. The third-order valence-electron chi connectivity index (χ3n) is 4.24. The van der Waals surface area contributed by atoms with Gasteiger partial charge < -0.3 is 19.3 Å². The van der Waals surface area contributed by atoms with Crippen molar-refractivity contribution in [2.24, 2.45) is 0 Å². The van der Waals surface area contributed by atoms with Crippen LogP contribution in [0.2, 0.25) is 0 Å². The topological polar surface area (TPSA) is 117 Å². The molecule has 3 aromatic rings. The summed E-state index contributed by atoms with van der Waals surface area (Å²) in [5.74, 6) is 0.244. The number of nitrogens with zero attached hydrogens (tertiary/aromatic N) is 2. The smallest absolute Gasteiger partial charge is 0.296 e. The number of benzene rings is 2. The van der Waals surface area contributed by atoms with Crippen molar-refractivity contribution >= 4 is 17.3 Å². The van der Waals surface area contributed by atoms with E-state index in [9.17, 15) is 14.9 Å². The van der Waals surface area contributed by atoms with Crippen LogP contribution < -0.4 is 14.8 Å². The molecule has 1 heterocycles. The minimum atomic E-state index is -0.591. The minimum Gasteiger partial charge on any atom is -0.490 e. The molecule has 0 radical (unpaired) electrons. The Bertz CT molecular complexity index is 1060. The number of hydrogen-bond donors (Lipinski definition) is 1. The van der Waals surface area contributed by atoms with Crippen LogP contribution in [-0.2, 0) is 0 Å². The Balaban J connectivity index is 2.02. The van der Waals surface area contributed by atoms with Crippen molar-refractivity contribution in [1.29, 1.82) is 0 Å². The number of anilines is 1. The average molecular weight is 411 g/mol. The maximum absolute atomic E-state index is 13.0. The van der Waals surface area contributed by atoms with Crippen LogP contribution in [0.25, 0.3) is 11.3 Å². The van der Waals surface area contributed by atoms with Gasteiger partial charge in [0.15, 0.2) is 11.5 Å². The zero-order chi connectivity index (χ0) is 21.7. The maximum Gasteiger partial charge on any atom is 0.296 e. The molecule has 0 aliphatic rings. The van der Waals surface area contributed by atoms with Crippen molar-refractivity contribution in [1.82, 2.24) is 5.16 Å². The third kappa shape index (κ3) is 4.24. The van der Waals surface area contributed by atoms with Gasteiger partial charge in [-0.2, -0.15) is 0 Å². The van der Waals surface area contributed by atoms with E-state index >= 15 is 0 Å². The Morgan fingerprint density at radius 3 is 2.37 bits per heavy atom. The van der Waals surface area contributed by atoms with E-state index in [1.165, 1.54) is 12.1 Å². The first kappa shape index (κ1) is 20.8. The Morgan fingerprint density at radius 1 is 1.13 bits per heavy atom. The number of carbonyl (C=O) groups excluding carboxylic acids is 1. The fraction of sp³-hybridized carbons (Fsp3) is 0.238. The lowest BCUT2D eigenvalue weighted by Crippen LogP contribution is -2.15. The highest BCUT2D eigenvalue weighted by molar-refractivity contribution is 6.09. The number of nitrogens with one attached hydrogen (secondary N) is 1. The molecule has 1 N–H and O–H groups in total. The molecular formula is C21H21N3O6. The number of amides is 1. The molecule has 0 atom stereocenters. The van der Waals surface area contributed by atoms with Crippen LogP contribution in [0.4, 0.5) is 11.4 Å². The standard InChI is InChI=1S/C21H21N3O6/c1-4-28-17-11-15(16(24(26)27)12-18(17)29-5-2)22-21(25)19-13(3)30-23-20(19)14-9-7-6-8-10-14/h6-12H,4-5H2,1-3H3,(H,22,25). The second-order valence-corrected chi connectivity index (χ2v) is 6.22. The number of nitro groups is 1. The summed E-state index contributed by atoms with van der Waals surface area (Å²) in [5.41, 5.74) is 0.907. The summed E-state index contributed by atoms with van der Waals surface area (Å²) in [6, 6.07) is 11.7. The molecule has 1 amide bonds. The van der Waals surface area contributed by atoms with E-state index in [4.69, 9.17) is 14.0 Å². The summed E-state index contributed by atoms with van der Waals surface area (Å²) in [7, 11) is 0. The Labute approximate surface area is 172 Å². The summed E-state index contributed by atoms with van der Waals surface area (Å²) in [5, 5.41) is 18.2. The Hall–Kier alpha value is -3.88. The second kappa shape index (κ2) is 9.08. The summed E-state index contributed by atoms with van der Waals surface area (Å²) >= 11 is 0. The van der Waals surface area contributed by atoms with E-state index in [0.717, 1.165) is 0 Å². The first-order valence-corrected chi connectivity index (χ1v) is 9.37. The Kier molecular flexibility index (Phi) is 6.31. The molecule has 3 rings (SSSR count). The van der Waals surface area contributed by atoms with Gasteiger partial charge in [-0.25, -0.2) is 0 Å². The highest BCUT2D eigenvalue weighted by Crippen LogP contribution is 2.38. The zero-order valence-corrected chi connectivity index (χ0v) is 16.8. The van der Waals surface area contributed by atoms with Crippen molar-refractivity contribution in [3.63, 3.8) is 0 Å². The van der Waals surface area contributed by atoms with E-state index in [0.29, 0.717) is 36.0 Å². The maximum atomic E-state index is 13.0. The molecule has 9 heteroatoms. The van der Waals surface area contributed by atoms with E-state index in [1.807, 2.05) is 18.2 Å². The molecule has 0 aliphatic heterocycles. The van der Waals surface area contributed by atoms with Gasteiger partial charge >= 0.3 is 0 Å². The number of hydrogen-bond acceptors (Lipinski definition) is 7. The van der Waals surface area contributed by atoms with Gasteiger partial charge in [0.1, 0.15) is 22.7 Å². The molecular weight excluding hydrogens is 390 g/mol. The van der Waals surface area contributed by atoms with E-state index < -0.39 is 10.8 Å². The molecule has 0 saturated heterocycles. The summed E-state index contributed by atoms with van der Waals surface area (Å²) in [6.45, 7) is 5.78. The lowest BCUT2D eigenvalue weighted by atomic mass is 10.1. The molecule has 30 heavy (non-hydrogen) atoms. The molecule has 0 spiro atoms. The van der Waals surface area contributed by atoms with Crippen molar-refractivity contribution in [3.8, 4) is 22.8 Å². The van der Waals surface area contributed by atoms with Crippen molar-refractivity contribution in [2.45, 2.75) is 20.8 Å². The number of ether oxygens (including phenoxy) is 2. The van der Waals surface area contributed by atoms with Gasteiger partial charge in [-0.05, 0) is 20.8 Å². The predicted octanol–water partition coefficient (Wildman–Crippen LogP) is 4.61. The number of nitro benzene ring substituents is 1. The van der Waals surface area contributed by atoms with Crippen LogP contribution in [0.15, 0.2) is 47.0 Å². The van der Waals surface area contributed by atoms with Gasteiger partial charge in [0.05, 0.1) is 24.2 Å². The van der Waals surface area contributed by atoms with Crippen LogP contribution in [0, 0.1) is 17.0 Å². The molecule has 0 unspecified atom stereocenters. The Morgan fingerprint density at radius 2 is 1.77 bits per heavy atom. The first-order valence-electron chi connectivity index (χ1n) is 9.37. The normalized spacial score (nSPS) is 10.5. The largest absolute Gasteiger partial charge is 0.490 e. The van der Waals surface area contributed by atoms with E-state index in [-0.39, 0.29) is 22.7 Å². The predicted molar refractivity (Wildman–Crippen MR) is 110 cm³/mol. The van der Waals surface area contributed by atoms with Gasteiger partial charge in [-0.3, -0.25) is 14.9 Å². The fourth-order valence-corrected chi connectivity index (χ4v) is 2.95. The van der Waals surface area contributed by atoms with Crippen LogP contribution in [0.5, 0.6) is 11.5 Å². The summed E-state index contributed by atoms with van der Waals surface area (Å²) in [6.07, 6.45) is 0. The van der Waals surface area contributed by atoms with Crippen LogP contribution >= 0.6 is 0 Å². The van der Waals surface area contributed by atoms with E-state index in [2.05, 4.69) is 10.5 Å². The van der Waals surface area contributed by atoms with Crippen molar-refractivity contribution in [2.75, 3.05) is 18.5 Å². The quantitative estimate of drug-likeness (QED) is 0.425. The fourth-order valence-electron chi connectivity index (χ4n) is 2.95. The van der Waals surface area contributed by atoms with Gasteiger partial charge in [0.2, 0.25) is 0 Å². The van der Waals surface area contributed by atoms with Gasteiger partial charge in [-0.15, -0.1) is 0 Å². The molecule has 0 aliphatic carbocycles. The highest BCUT2D eigenvalue weighted by atomic mass is 16.6. The third-order valence-corrected chi connectivity index (χ3v) is 4.24. The molecule has 9 nitrogen and oxygen atoms in total. The monoisotopic (exact) mass is 411 g/mol. The van der Waals surface area contributed by atoms with E-state index in [1.54, 1.807) is 32.9 Å². The molecule has 0 bridgehead atoms. The number of carbonyl (C=O) groups is 1. The molecule has 0 fully saturated rings. The van der Waals surface area contributed by atoms with Crippen molar-refractivity contribution < 1.29 is 23.7 Å². The number of rotatable bonds is 8. The van der Waals surface area contributed by atoms with Gasteiger partial charge in [-0.1, -0.05) is 35.5 Å². The lowest BCUT2D eigenvalue weighted by molar-refractivity contribution is -0.384. The number of aromatic nitrogens is 1. The first-order chi connectivity index (χ1) is 14.5.